The molecule has 2 saturated carbocycles. The Kier molecular flexibility index (Phi) is 7.93. The molecule has 2 saturated heterocycles. The highest BCUT2D eigenvalue weighted by Crippen LogP contribution is 2.69. The first-order chi connectivity index (χ1) is 19.6. The molecule has 0 amide bonds. The number of aliphatic hydroxyl groups excluding tert-OH is 5. The van der Waals surface area contributed by atoms with Gasteiger partial charge in [-0.2, -0.15) is 0 Å². The molecule has 5 rings (SSSR count). The Bertz CT molecular complexity index is 1150. The summed E-state index contributed by atoms with van der Waals surface area (Å²) in [4.78, 5) is 40.3. The highest BCUT2D eigenvalue weighted by atomic mass is 16.8. The number of ether oxygens (including phenoxy) is 5. The molecule has 5 aliphatic rings. The average Bonchev–Trinajstić information content (AvgIpc) is 2.92. The summed E-state index contributed by atoms with van der Waals surface area (Å²) < 4.78 is 29.1. The van der Waals surface area contributed by atoms with E-state index in [2.05, 4.69) is 0 Å². The second-order valence-corrected chi connectivity index (χ2v) is 13.1. The van der Waals surface area contributed by atoms with E-state index in [0.717, 1.165) is 6.92 Å². The number of esters is 1. The van der Waals surface area contributed by atoms with Crippen molar-refractivity contribution in [2.75, 3.05) is 13.7 Å². The van der Waals surface area contributed by atoms with Crippen molar-refractivity contribution in [2.45, 2.75) is 102 Å². The number of methoxy groups -OCH3 is 1. The van der Waals surface area contributed by atoms with Crippen molar-refractivity contribution in [3.8, 4) is 0 Å². The quantitative estimate of drug-likeness (QED) is 0.247. The molecule has 0 aromatic rings. The molecule has 0 bridgehead atoms. The third-order valence-corrected chi connectivity index (χ3v) is 11.0. The van der Waals surface area contributed by atoms with Crippen LogP contribution in [-0.4, -0.2) is 112 Å². The van der Waals surface area contributed by atoms with E-state index < -0.39 is 95.8 Å². The number of aliphatic hydroxyl groups is 5. The van der Waals surface area contributed by atoms with E-state index in [-0.39, 0.29) is 29.8 Å². The fraction of sp³-hybridized carbons (Fsp3) is 0.828. The minimum atomic E-state index is -1.82. The van der Waals surface area contributed by atoms with Gasteiger partial charge in [-0.1, -0.05) is 20.8 Å². The topological polar surface area (TPSA) is 199 Å². The lowest BCUT2D eigenvalue weighted by molar-refractivity contribution is -0.378. The molecule has 4 fully saturated rings. The number of hydrogen-bond donors (Lipinski definition) is 5. The summed E-state index contributed by atoms with van der Waals surface area (Å²) in [5.74, 6) is -3.94. The molecule has 15 atom stereocenters. The standard InChI is InChI=1S/C29H42O13/c1-11-7-14(38-6)24(36)27(3)13(11)8-17-28(4)16(29(5,42-12(2)31)25(37)22(35)23(27)28)9-18(40-17)41-26-21(34)20(33)19(32)15(10-30)39-26/h7,11,13,15-23,26,30,32-35H,8-10H2,1-6H3/t11-,13+,15-,16-,17-,18+,19-,20+,21-,22+,23-,26+,27+,28-,29+/m1/s1. The highest BCUT2D eigenvalue weighted by molar-refractivity contribution is 6.01. The molecule has 13 nitrogen and oxygen atoms in total. The van der Waals surface area contributed by atoms with Gasteiger partial charge in [0.15, 0.2) is 23.9 Å². The molecule has 236 valence electrons. The minimum absolute atomic E-state index is 0.0712. The number of carbonyl (C=O) groups is 3. The molecule has 0 aromatic carbocycles. The second kappa shape index (κ2) is 10.6. The van der Waals surface area contributed by atoms with Gasteiger partial charge in [0.05, 0.1) is 19.8 Å². The van der Waals surface area contributed by atoms with E-state index in [1.807, 2.05) is 13.8 Å². The smallest absolute Gasteiger partial charge is 0.303 e. The largest absolute Gasteiger partial charge is 0.493 e. The van der Waals surface area contributed by atoms with Crippen LogP contribution in [0, 0.1) is 34.5 Å². The summed E-state index contributed by atoms with van der Waals surface area (Å²) in [5, 5.41) is 52.4. The minimum Gasteiger partial charge on any atom is -0.493 e. The lowest BCUT2D eigenvalue weighted by atomic mass is 9.37. The van der Waals surface area contributed by atoms with Gasteiger partial charge in [0, 0.05) is 36.0 Å². The average molecular weight is 599 g/mol. The molecule has 13 heteroatoms. The summed E-state index contributed by atoms with van der Waals surface area (Å²) in [6.07, 6.45) is -9.21. The van der Waals surface area contributed by atoms with Crippen LogP contribution in [0.2, 0.25) is 0 Å². The van der Waals surface area contributed by atoms with Crippen LogP contribution in [0.4, 0.5) is 0 Å². The highest BCUT2D eigenvalue weighted by Gasteiger charge is 2.76. The van der Waals surface area contributed by atoms with Crippen LogP contribution >= 0.6 is 0 Å². The molecule has 2 heterocycles. The molecule has 0 radical (unpaired) electrons. The van der Waals surface area contributed by atoms with Crippen LogP contribution in [0.1, 0.15) is 47.5 Å². The van der Waals surface area contributed by atoms with Crippen LogP contribution in [0.25, 0.3) is 0 Å². The molecule has 0 spiro atoms. The lowest BCUT2D eigenvalue weighted by Gasteiger charge is -2.69. The van der Waals surface area contributed by atoms with Gasteiger partial charge in [0.25, 0.3) is 0 Å². The van der Waals surface area contributed by atoms with Crippen molar-refractivity contribution in [1.29, 1.82) is 0 Å². The van der Waals surface area contributed by atoms with E-state index >= 15 is 0 Å². The number of Topliss-reactive ketones (excluding diaryl/α,β-unsaturated/α-hetero) is 2. The van der Waals surface area contributed by atoms with E-state index in [1.54, 1.807) is 13.0 Å². The van der Waals surface area contributed by atoms with Crippen molar-refractivity contribution < 1.29 is 63.6 Å². The first-order valence-corrected chi connectivity index (χ1v) is 14.4. The molecule has 3 aliphatic carbocycles. The molecule has 0 aromatic heterocycles. The molecule has 42 heavy (non-hydrogen) atoms. The first-order valence-electron chi connectivity index (χ1n) is 14.4. The zero-order chi connectivity index (χ0) is 31.1. The predicted octanol–water partition coefficient (Wildman–Crippen LogP) is -0.803. The molecule has 2 aliphatic heterocycles. The van der Waals surface area contributed by atoms with E-state index in [0.29, 0.717) is 6.42 Å². The van der Waals surface area contributed by atoms with E-state index in [4.69, 9.17) is 23.7 Å². The third kappa shape index (κ3) is 4.23. The van der Waals surface area contributed by atoms with Gasteiger partial charge in [-0.15, -0.1) is 0 Å². The Morgan fingerprint density at radius 1 is 1.05 bits per heavy atom. The molecule has 5 N–H and O–H groups in total. The van der Waals surface area contributed by atoms with Crippen molar-refractivity contribution >= 4 is 17.5 Å². The summed E-state index contributed by atoms with van der Waals surface area (Å²) in [6.45, 7) is 7.48. The summed E-state index contributed by atoms with van der Waals surface area (Å²) >= 11 is 0. The van der Waals surface area contributed by atoms with Gasteiger partial charge < -0.3 is 49.2 Å². The number of hydrogen-bond acceptors (Lipinski definition) is 13. The number of allylic oxidation sites excluding steroid dienone is 2. The van der Waals surface area contributed by atoms with Crippen LogP contribution in [0.5, 0.6) is 0 Å². The van der Waals surface area contributed by atoms with Crippen molar-refractivity contribution in [1.82, 2.24) is 0 Å². The van der Waals surface area contributed by atoms with Gasteiger partial charge in [0.2, 0.25) is 11.6 Å². The van der Waals surface area contributed by atoms with Gasteiger partial charge in [0.1, 0.15) is 30.5 Å². The Morgan fingerprint density at radius 3 is 2.31 bits per heavy atom. The normalized spacial score (nSPS) is 52.1. The van der Waals surface area contributed by atoms with Crippen LogP contribution in [0.3, 0.4) is 0 Å². The number of rotatable bonds is 5. The zero-order valence-corrected chi connectivity index (χ0v) is 24.6. The maximum absolute atomic E-state index is 14.0. The van der Waals surface area contributed by atoms with Gasteiger partial charge >= 0.3 is 5.97 Å². The molecular formula is C29H42O13. The maximum Gasteiger partial charge on any atom is 0.303 e. The van der Waals surface area contributed by atoms with Gasteiger partial charge in [-0.25, -0.2) is 0 Å². The Labute approximate surface area is 243 Å². The van der Waals surface area contributed by atoms with Crippen molar-refractivity contribution in [2.24, 2.45) is 34.5 Å². The van der Waals surface area contributed by atoms with Gasteiger partial charge in [-0.05, 0) is 31.3 Å². The summed E-state index contributed by atoms with van der Waals surface area (Å²) in [7, 11) is 1.40. The first kappa shape index (κ1) is 31.5. The number of ketones is 2. The van der Waals surface area contributed by atoms with E-state index in [9.17, 15) is 39.9 Å². The van der Waals surface area contributed by atoms with Gasteiger partial charge in [-0.3, -0.25) is 14.4 Å². The van der Waals surface area contributed by atoms with Crippen LogP contribution < -0.4 is 0 Å². The third-order valence-electron chi connectivity index (χ3n) is 11.0. The summed E-state index contributed by atoms with van der Waals surface area (Å²) in [6, 6.07) is 0. The van der Waals surface area contributed by atoms with Crippen LogP contribution in [-0.2, 0) is 38.1 Å². The van der Waals surface area contributed by atoms with Crippen molar-refractivity contribution in [3.63, 3.8) is 0 Å². The monoisotopic (exact) mass is 598 g/mol. The Balaban J connectivity index is 1.59. The molecular weight excluding hydrogens is 556 g/mol. The SMILES string of the molecule is COC1=C[C@@H](C)[C@@H]2C[C@H]3O[C@@H](O[C@@H]4O[C@H](CO)[C@@H](O)[C@H](O)[C@H]4O)C[C@@H]4[C@@]3(C)[C@H]([C@H](O)C(=O)[C@@]4(C)OC(C)=O)[C@@]2(C)C1=O. The van der Waals surface area contributed by atoms with E-state index in [1.165, 1.54) is 14.0 Å². The second-order valence-electron chi connectivity index (χ2n) is 13.1. The Hall–Kier alpha value is -1.97. The maximum atomic E-state index is 14.0. The molecule has 0 unspecified atom stereocenters. The fourth-order valence-electron chi connectivity index (χ4n) is 9.00. The lowest BCUT2D eigenvalue weighted by Crippen LogP contribution is -2.77. The number of carbonyl (C=O) groups excluding carboxylic acids is 3. The number of fused-ring (bicyclic) bond motifs is 2. The fourth-order valence-corrected chi connectivity index (χ4v) is 9.00. The zero-order valence-electron chi connectivity index (χ0n) is 24.6. The van der Waals surface area contributed by atoms with Crippen molar-refractivity contribution in [3.05, 3.63) is 11.8 Å². The Morgan fingerprint density at radius 2 is 1.71 bits per heavy atom. The predicted molar refractivity (Wildman–Crippen MR) is 140 cm³/mol. The van der Waals surface area contributed by atoms with Crippen LogP contribution in [0.15, 0.2) is 11.8 Å². The summed E-state index contributed by atoms with van der Waals surface area (Å²) in [5.41, 5.74) is -4.12.